The van der Waals surface area contributed by atoms with Crippen LogP contribution in [0.4, 0.5) is 0 Å². The van der Waals surface area contributed by atoms with E-state index in [1.165, 1.54) is 12.8 Å². The van der Waals surface area contributed by atoms with Gasteiger partial charge in [-0.2, -0.15) is 0 Å². The van der Waals surface area contributed by atoms with Crippen LogP contribution in [0, 0.1) is 5.92 Å². The van der Waals surface area contributed by atoms with Crippen molar-refractivity contribution in [2.24, 2.45) is 5.92 Å². The van der Waals surface area contributed by atoms with Crippen LogP contribution >= 0.6 is 0 Å². The molecule has 0 bridgehead atoms. The zero-order valence-electron chi connectivity index (χ0n) is 8.29. The van der Waals surface area contributed by atoms with Crippen molar-refractivity contribution in [3.63, 3.8) is 0 Å². The largest absolute Gasteiger partial charge is 0.378 e. The smallest absolute Gasteiger partial charge is 0.207 e. The van der Waals surface area contributed by atoms with Crippen molar-refractivity contribution in [2.75, 3.05) is 13.2 Å². The minimum absolute atomic E-state index is 0.342. The first-order valence-corrected chi connectivity index (χ1v) is 5.11. The number of ether oxygens (including phenoxy) is 1. The first-order valence-electron chi connectivity index (χ1n) is 5.11. The molecule has 0 saturated heterocycles. The number of amides is 1. The molecule has 0 aromatic rings. The fraction of sp³-hybridized carbons (Fsp3) is 0.900. The first kappa shape index (κ1) is 10.5. The second-order valence-electron chi connectivity index (χ2n) is 3.80. The van der Waals surface area contributed by atoms with Gasteiger partial charge < -0.3 is 10.1 Å². The van der Waals surface area contributed by atoms with Crippen LogP contribution in [0.3, 0.4) is 0 Å². The van der Waals surface area contributed by atoms with Crippen LogP contribution in [0.2, 0.25) is 0 Å². The van der Waals surface area contributed by atoms with Gasteiger partial charge >= 0.3 is 0 Å². The fourth-order valence-corrected chi connectivity index (χ4v) is 1.22. The molecule has 0 unspecified atom stereocenters. The third kappa shape index (κ3) is 5.64. The van der Waals surface area contributed by atoms with Gasteiger partial charge in [0.1, 0.15) is 0 Å². The van der Waals surface area contributed by atoms with Gasteiger partial charge in [-0.1, -0.05) is 0 Å². The predicted octanol–water partition coefficient (Wildman–Crippen LogP) is 1.33. The number of hydrogen-bond donors (Lipinski definition) is 1. The van der Waals surface area contributed by atoms with E-state index >= 15 is 0 Å². The van der Waals surface area contributed by atoms with Crippen LogP contribution in [0.15, 0.2) is 0 Å². The Balaban J connectivity index is 1.84. The first-order chi connectivity index (χ1) is 6.33. The van der Waals surface area contributed by atoms with Gasteiger partial charge in [-0.15, -0.1) is 0 Å². The molecule has 0 aliphatic heterocycles. The normalized spacial score (nSPS) is 18.2. The maximum Gasteiger partial charge on any atom is 0.207 e. The highest BCUT2D eigenvalue weighted by Crippen LogP contribution is 2.29. The molecule has 3 nitrogen and oxygen atoms in total. The summed E-state index contributed by atoms with van der Waals surface area (Å²) in [5.41, 5.74) is 0. The van der Waals surface area contributed by atoms with Crippen molar-refractivity contribution in [2.45, 2.75) is 38.7 Å². The molecular weight excluding hydrogens is 166 g/mol. The topological polar surface area (TPSA) is 38.3 Å². The van der Waals surface area contributed by atoms with Crippen molar-refractivity contribution in [3.05, 3.63) is 0 Å². The van der Waals surface area contributed by atoms with Crippen LogP contribution in [-0.4, -0.2) is 25.7 Å². The van der Waals surface area contributed by atoms with Gasteiger partial charge in [-0.3, -0.25) is 4.79 Å². The van der Waals surface area contributed by atoms with Crippen LogP contribution in [0.25, 0.3) is 0 Å². The van der Waals surface area contributed by atoms with E-state index in [0.29, 0.717) is 6.10 Å². The van der Waals surface area contributed by atoms with Crippen molar-refractivity contribution >= 4 is 6.41 Å². The Morgan fingerprint density at radius 1 is 1.62 bits per heavy atom. The van der Waals surface area contributed by atoms with Crippen LogP contribution < -0.4 is 5.32 Å². The second kappa shape index (κ2) is 5.97. The van der Waals surface area contributed by atoms with Gasteiger partial charge in [-0.25, -0.2) is 0 Å². The summed E-state index contributed by atoms with van der Waals surface area (Å²) in [5, 5.41) is 2.64. The third-order valence-electron chi connectivity index (χ3n) is 2.33. The average Bonchev–Trinajstić information content (AvgIpc) is 2.92. The Labute approximate surface area is 79.8 Å². The van der Waals surface area contributed by atoms with E-state index in [-0.39, 0.29) is 0 Å². The second-order valence-corrected chi connectivity index (χ2v) is 3.80. The minimum atomic E-state index is 0.342. The fourth-order valence-electron chi connectivity index (χ4n) is 1.22. The van der Waals surface area contributed by atoms with Gasteiger partial charge in [0, 0.05) is 13.2 Å². The quantitative estimate of drug-likeness (QED) is 0.457. The lowest BCUT2D eigenvalue weighted by molar-refractivity contribution is -0.109. The van der Waals surface area contributed by atoms with E-state index < -0.39 is 0 Å². The molecule has 0 heterocycles. The maximum absolute atomic E-state index is 9.93. The third-order valence-corrected chi connectivity index (χ3v) is 2.33. The van der Waals surface area contributed by atoms with E-state index in [9.17, 15) is 4.79 Å². The molecule has 1 rings (SSSR count). The van der Waals surface area contributed by atoms with E-state index in [2.05, 4.69) is 12.2 Å². The summed E-state index contributed by atoms with van der Waals surface area (Å²) in [5.74, 6) is 0.843. The highest BCUT2D eigenvalue weighted by Gasteiger charge is 2.21. The number of hydrogen-bond acceptors (Lipinski definition) is 2. The maximum atomic E-state index is 9.93. The molecule has 1 atom stereocenters. The molecule has 1 aliphatic rings. The lowest BCUT2D eigenvalue weighted by atomic mass is 10.2. The van der Waals surface area contributed by atoms with Crippen LogP contribution in [-0.2, 0) is 9.53 Å². The van der Waals surface area contributed by atoms with E-state index in [4.69, 9.17) is 4.74 Å². The van der Waals surface area contributed by atoms with Gasteiger partial charge in [0.05, 0.1) is 6.10 Å². The minimum Gasteiger partial charge on any atom is -0.378 e. The molecule has 0 aromatic carbocycles. The summed E-state index contributed by atoms with van der Waals surface area (Å²) in [6, 6.07) is 0. The Morgan fingerprint density at radius 3 is 3.00 bits per heavy atom. The molecule has 0 aromatic heterocycles. The highest BCUT2D eigenvalue weighted by molar-refractivity contribution is 5.45. The number of rotatable bonds is 8. The van der Waals surface area contributed by atoms with Crippen molar-refractivity contribution < 1.29 is 9.53 Å². The Bertz CT molecular complexity index is 146. The Kier molecular flexibility index (Phi) is 4.83. The summed E-state index contributed by atoms with van der Waals surface area (Å²) in [4.78, 5) is 9.93. The van der Waals surface area contributed by atoms with E-state index in [1.54, 1.807) is 0 Å². The van der Waals surface area contributed by atoms with Crippen molar-refractivity contribution in [3.8, 4) is 0 Å². The zero-order chi connectivity index (χ0) is 9.52. The number of carbonyl (C=O) groups excluding carboxylic acids is 1. The van der Waals surface area contributed by atoms with E-state index in [0.717, 1.165) is 38.3 Å². The highest BCUT2D eigenvalue weighted by atomic mass is 16.5. The predicted molar refractivity (Wildman–Crippen MR) is 51.4 cm³/mol. The molecule has 1 saturated carbocycles. The molecule has 3 heteroatoms. The number of nitrogens with one attached hydrogen (secondary N) is 1. The summed E-state index contributed by atoms with van der Waals surface area (Å²) in [7, 11) is 0. The van der Waals surface area contributed by atoms with Crippen molar-refractivity contribution in [1.82, 2.24) is 5.32 Å². The van der Waals surface area contributed by atoms with Gasteiger partial charge in [0.15, 0.2) is 0 Å². The molecule has 0 radical (unpaired) electrons. The molecule has 1 N–H and O–H groups in total. The Hall–Kier alpha value is -0.570. The standard InChI is InChI=1S/C10H19NO2/c1-9(3-2-6-11-8-12)13-7-10-4-5-10/h8-10H,2-7H2,1H3,(H,11,12)/t9-/m1/s1. The van der Waals surface area contributed by atoms with Gasteiger partial charge in [-0.05, 0) is 38.5 Å². The molecule has 13 heavy (non-hydrogen) atoms. The van der Waals surface area contributed by atoms with E-state index in [1.807, 2.05) is 0 Å². The lowest BCUT2D eigenvalue weighted by Gasteiger charge is -2.11. The summed E-state index contributed by atoms with van der Waals surface area (Å²) in [6.45, 7) is 3.80. The number of carbonyl (C=O) groups is 1. The summed E-state index contributed by atoms with van der Waals surface area (Å²) in [6.07, 6.45) is 5.82. The molecule has 1 aliphatic carbocycles. The Morgan fingerprint density at radius 2 is 2.38 bits per heavy atom. The van der Waals surface area contributed by atoms with Crippen LogP contribution in [0.5, 0.6) is 0 Å². The monoisotopic (exact) mass is 185 g/mol. The summed E-state index contributed by atoms with van der Waals surface area (Å²) >= 11 is 0. The lowest BCUT2D eigenvalue weighted by Crippen LogP contribution is -2.16. The molecule has 1 amide bonds. The van der Waals surface area contributed by atoms with Gasteiger partial charge in [0.2, 0.25) is 6.41 Å². The molecule has 0 spiro atoms. The molecule has 1 fully saturated rings. The molecule has 76 valence electrons. The van der Waals surface area contributed by atoms with Gasteiger partial charge in [0.25, 0.3) is 0 Å². The zero-order valence-corrected chi connectivity index (χ0v) is 8.29. The molecular formula is C10H19NO2. The summed E-state index contributed by atoms with van der Waals surface area (Å²) < 4.78 is 5.63. The van der Waals surface area contributed by atoms with Crippen LogP contribution in [0.1, 0.15) is 32.6 Å². The van der Waals surface area contributed by atoms with Crippen molar-refractivity contribution in [1.29, 1.82) is 0 Å². The average molecular weight is 185 g/mol. The SMILES string of the molecule is C[C@H](CCCNC=O)OCC1CC1.